The molecular weight excluding hydrogens is 212 g/mol. The summed E-state index contributed by atoms with van der Waals surface area (Å²) < 4.78 is 0. The fraction of sp³-hybridized carbons (Fsp3) is 0.800. The third kappa shape index (κ3) is 11.6. The van der Waals surface area contributed by atoms with Gasteiger partial charge in [0.25, 0.3) is 0 Å². The van der Waals surface area contributed by atoms with Crippen LogP contribution in [0.15, 0.2) is 9.98 Å². The molecule has 0 aliphatic heterocycles. The molecule has 0 saturated heterocycles. The van der Waals surface area contributed by atoms with Gasteiger partial charge in [-0.2, -0.15) is 0 Å². The number of aliphatic imine (C=N–C) groups is 2. The van der Waals surface area contributed by atoms with Crippen LogP contribution in [0.4, 0.5) is 0 Å². The normalized spacial score (nSPS) is 8.86. The van der Waals surface area contributed by atoms with E-state index >= 15 is 0 Å². The molecule has 0 amide bonds. The number of hydrogen-bond donors (Lipinski definition) is 0. The van der Waals surface area contributed by atoms with Gasteiger partial charge in [0, 0.05) is 13.1 Å². The lowest BCUT2D eigenvalue weighted by Crippen LogP contribution is -1.84. The summed E-state index contributed by atoms with van der Waals surface area (Å²) in [5, 5.41) is 4.74. The second-order valence-corrected chi connectivity index (χ2v) is 3.43. The predicted molar refractivity (Wildman–Crippen MR) is 67.5 cm³/mol. The van der Waals surface area contributed by atoms with Crippen LogP contribution in [0.3, 0.4) is 0 Å². The van der Waals surface area contributed by atoms with Gasteiger partial charge in [-0.05, 0) is 37.3 Å². The van der Waals surface area contributed by atoms with Crippen LogP contribution in [0.1, 0.15) is 38.5 Å². The summed E-state index contributed by atoms with van der Waals surface area (Å²) in [7, 11) is 0. The van der Waals surface area contributed by atoms with E-state index < -0.39 is 0 Å². The Kier molecular flexibility index (Phi) is 12.2. The van der Waals surface area contributed by atoms with Crippen LogP contribution >= 0.6 is 24.4 Å². The largest absolute Gasteiger partial charge is 0.233 e. The maximum Gasteiger partial charge on any atom is 0.0584 e. The van der Waals surface area contributed by atoms with Crippen molar-refractivity contribution in [2.24, 2.45) is 9.98 Å². The second kappa shape index (κ2) is 12.6. The third-order valence-electron chi connectivity index (χ3n) is 1.92. The summed E-state index contributed by atoms with van der Waals surface area (Å²) >= 11 is 8.94. The van der Waals surface area contributed by atoms with Gasteiger partial charge in [-0.1, -0.05) is 25.7 Å². The minimum atomic E-state index is 0.832. The van der Waals surface area contributed by atoms with Crippen LogP contribution < -0.4 is 0 Å². The smallest absolute Gasteiger partial charge is 0.0584 e. The summed E-state index contributed by atoms with van der Waals surface area (Å²) in [4.78, 5) is 7.72. The Hall–Kier alpha value is -0.400. The van der Waals surface area contributed by atoms with E-state index in [2.05, 4.69) is 44.7 Å². The van der Waals surface area contributed by atoms with Crippen LogP contribution in [-0.2, 0) is 0 Å². The van der Waals surface area contributed by atoms with Crippen molar-refractivity contribution in [3.8, 4) is 0 Å². The Morgan fingerprint density at radius 2 is 1.00 bits per heavy atom. The monoisotopic (exact) mass is 228 g/mol. The van der Waals surface area contributed by atoms with Gasteiger partial charge >= 0.3 is 0 Å². The first-order valence-electron chi connectivity index (χ1n) is 4.99. The molecule has 78 valence electrons. The van der Waals surface area contributed by atoms with E-state index in [4.69, 9.17) is 0 Å². The lowest BCUT2D eigenvalue weighted by atomic mass is 10.1. The molecule has 0 rings (SSSR count). The van der Waals surface area contributed by atoms with Crippen LogP contribution in [0.5, 0.6) is 0 Å². The number of hydrogen-bond acceptors (Lipinski definition) is 4. The molecule has 0 fully saturated rings. The molecule has 0 aromatic carbocycles. The average Bonchev–Trinajstić information content (AvgIpc) is 2.21. The highest BCUT2D eigenvalue weighted by Gasteiger charge is 1.89. The highest BCUT2D eigenvalue weighted by molar-refractivity contribution is 7.78. The highest BCUT2D eigenvalue weighted by atomic mass is 32.1. The number of unbranched alkanes of at least 4 members (excludes halogenated alkanes) is 5. The van der Waals surface area contributed by atoms with Gasteiger partial charge in [0.15, 0.2) is 0 Å². The van der Waals surface area contributed by atoms with Crippen molar-refractivity contribution in [3.05, 3.63) is 0 Å². The van der Waals surface area contributed by atoms with E-state index in [0.29, 0.717) is 0 Å². The fourth-order valence-electron chi connectivity index (χ4n) is 1.18. The van der Waals surface area contributed by atoms with E-state index in [1.807, 2.05) is 0 Å². The molecule has 0 N–H and O–H groups in total. The number of nitrogens with zero attached hydrogens (tertiary/aromatic N) is 2. The first kappa shape index (κ1) is 13.6. The van der Waals surface area contributed by atoms with E-state index in [1.54, 1.807) is 0 Å². The zero-order valence-corrected chi connectivity index (χ0v) is 10.0. The van der Waals surface area contributed by atoms with Gasteiger partial charge < -0.3 is 0 Å². The minimum Gasteiger partial charge on any atom is -0.233 e. The minimum absolute atomic E-state index is 0.832. The van der Waals surface area contributed by atoms with Crippen molar-refractivity contribution >= 4 is 34.8 Å². The summed E-state index contributed by atoms with van der Waals surface area (Å²) in [6.07, 6.45) is 7.26. The molecule has 0 aliphatic rings. The molecule has 0 aromatic rings. The van der Waals surface area contributed by atoms with Gasteiger partial charge in [0.2, 0.25) is 0 Å². The Bertz CT molecular complexity index is 192. The van der Waals surface area contributed by atoms with E-state index in [0.717, 1.165) is 25.9 Å². The number of rotatable bonds is 9. The molecule has 0 spiro atoms. The third-order valence-corrected chi connectivity index (χ3v) is 2.18. The molecule has 0 atom stereocenters. The van der Waals surface area contributed by atoms with Crippen LogP contribution in [0.2, 0.25) is 0 Å². The Labute approximate surface area is 96.5 Å². The van der Waals surface area contributed by atoms with Gasteiger partial charge in [-0.3, -0.25) is 0 Å². The van der Waals surface area contributed by atoms with Crippen molar-refractivity contribution < 1.29 is 0 Å². The lowest BCUT2D eigenvalue weighted by Gasteiger charge is -1.97. The highest BCUT2D eigenvalue weighted by Crippen LogP contribution is 2.05. The summed E-state index contributed by atoms with van der Waals surface area (Å²) in [6.45, 7) is 1.66. The topological polar surface area (TPSA) is 24.7 Å². The van der Waals surface area contributed by atoms with Crippen molar-refractivity contribution in [3.63, 3.8) is 0 Å². The van der Waals surface area contributed by atoms with Crippen LogP contribution in [0.25, 0.3) is 0 Å². The zero-order valence-electron chi connectivity index (χ0n) is 8.37. The Morgan fingerprint density at radius 1 is 0.643 bits per heavy atom. The standard InChI is InChI=1S/C10H16N2S2/c13-9-11-7-5-3-1-2-4-6-8-12-10-14/h1-8H2. The first-order chi connectivity index (χ1) is 6.91. The number of thiocarbonyl (C=S) groups is 2. The summed E-state index contributed by atoms with van der Waals surface area (Å²) in [5.41, 5.74) is 0. The molecule has 0 aliphatic carbocycles. The maximum atomic E-state index is 4.47. The van der Waals surface area contributed by atoms with Gasteiger partial charge in [-0.25, -0.2) is 9.98 Å². The quantitative estimate of drug-likeness (QED) is 0.342. The molecule has 0 bridgehead atoms. The molecular formula is C10H16N2S2. The molecule has 14 heavy (non-hydrogen) atoms. The zero-order chi connectivity index (χ0) is 10.5. The fourth-order valence-corrected chi connectivity index (χ4v) is 1.36. The molecule has 4 heteroatoms. The Balaban J connectivity index is 2.98. The predicted octanol–water partition coefficient (Wildman–Crippen LogP) is 3.53. The lowest BCUT2D eigenvalue weighted by molar-refractivity contribution is 0.603. The van der Waals surface area contributed by atoms with E-state index in [-0.39, 0.29) is 0 Å². The molecule has 0 aromatic heterocycles. The van der Waals surface area contributed by atoms with Crippen LogP contribution in [-0.4, -0.2) is 23.4 Å². The number of isothiocyanates is 2. The van der Waals surface area contributed by atoms with E-state index in [1.165, 1.54) is 25.7 Å². The SMILES string of the molecule is S=C=NCCCCCCCCN=C=S. The van der Waals surface area contributed by atoms with Crippen molar-refractivity contribution in [2.75, 3.05) is 13.1 Å². The molecule has 2 nitrogen and oxygen atoms in total. The van der Waals surface area contributed by atoms with Gasteiger partial charge in [-0.15, -0.1) is 0 Å². The van der Waals surface area contributed by atoms with Crippen LogP contribution in [0, 0.1) is 0 Å². The van der Waals surface area contributed by atoms with Crippen molar-refractivity contribution in [2.45, 2.75) is 38.5 Å². The summed E-state index contributed by atoms with van der Waals surface area (Å²) in [5.74, 6) is 0. The maximum absolute atomic E-state index is 4.47. The second-order valence-electron chi connectivity index (χ2n) is 3.07. The molecule has 0 saturated carbocycles. The molecule has 0 radical (unpaired) electrons. The molecule has 0 unspecified atom stereocenters. The summed E-state index contributed by atoms with van der Waals surface area (Å²) in [6, 6.07) is 0. The van der Waals surface area contributed by atoms with Gasteiger partial charge in [0.1, 0.15) is 0 Å². The van der Waals surface area contributed by atoms with Crippen molar-refractivity contribution in [1.82, 2.24) is 0 Å². The first-order valence-corrected chi connectivity index (χ1v) is 5.80. The average molecular weight is 228 g/mol. The van der Waals surface area contributed by atoms with Crippen molar-refractivity contribution in [1.29, 1.82) is 0 Å². The molecule has 0 heterocycles. The Morgan fingerprint density at radius 3 is 1.36 bits per heavy atom. The van der Waals surface area contributed by atoms with E-state index in [9.17, 15) is 0 Å². The van der Waals surface area contributed by atoms with Gasteiger partial charge in [0.05, 0.1) is 10.3 Å².